The van der Waals surface area contributed by atoms with Crippen molar-refractivity contribution in [3.63, 3.8) is 0 Å². The Morgan fingerprint density at radius 1 is 1.29 bits per heavy atom. The van der Waals surface area contributed by atoms with Crippen molar-refractivity contribution in [2.75, 3.05) is 12.4 Å². The number of rotatable bonds is 4. The summed E-state index contributed by atoms with van der Waals surface area (Å²) in [7, 11) is 1.73. The standard InChI is InChI=1S/C12H19NO/c1-5-11(14-4)13-12-9(2)7-6-8-10(12)3/h6-8,11,13H,5H2,1-4H3. The van der Waals surface area contributed by atoms with Crippen LogP contribution in [0.25, 0.3) is 0 Å². The van der Waals surface area contributed by atoms with Gasteiger partial charge < -0.3 is 10.1 Å². The first kappa shape index (κ1) is 11.1. The highest BCUT2D eigenvalue weighted by molar-refractivity contribution is 5.56. The molecule has 0 bridgehead atoms. The van der Waals surface area contributed by atoms with Crippen LogP contribution in [0.3, 0.4) is 0 Å². The lowest BCUT2D eigenvalue weighted by molar-refractivity contribution is 0.122. The van der Waals surface area contributed by atoms with Gasteiger partial charge in [0, 0.05) is 12.8 Å². The van der Waals surface area contributed by atoms with Gasteiger partial charge in [-0.25, -0.2) is 0 Å². The van der Waals surface area contributed by atoms with Crippen molar-refractivity contribution in [2.24, 2.45) is 0 Å². The quantitative estimate of drug-likeness (QED) is 0.742. The molecule has 0 aromatic heterocycles. The molecule has 0 spiro atoms. The Bertz CT molecular complexity index is 272. The lowest BCUT2D eigenvalue weighted by Gasteiger charge is -2.19. The maximum absolute atomic E-state index is 5.30. The molecule has 14 heavy (non-hydrogen) atoms. The third kappa shape index (κ3) is 2.48. The van der Waals surface area contributed by atoms with E-state index < -0.39 is 0 Å². The highest BCUT2D eigenvalue weighted by Crippen LogP contribution is 2.20. The van der Waals surface area contributed by atoms with Gasteiger partial charge in [-0.15, -0.1) is 0 Å². The van der Waals surface area contributed by atoms with E-state index in [2.05, 4.69) is 44.3 Å². The Labute approximate surface area is 86.3 Å². The van der Waals surface area contributed by atoms with E-state index in [0.717, 1.165) is 6.42 Å². The number of ether oxygens (including phenoxy) is 1. The maximum atomic E-state index is 5.30. The number of aryl methyl sites for hydroxylation is 2. The van der Waals surface area contributed by atoms with Crippen molar-refractivity contribution in [1.82, 2.24) is 0 Å². The molecule has 0 heterocycles. The van der Waals surface area contributed by atoms with E-state index in [1.54, 1.807) is 7.11 Å². The van der Waals surface area contributed by atoms with Crippen LogP contribution in [-0.2, 0) is 4.74 Å². The number of benzene rings is 1. The van der Waals surface area contributed by atoms with E-state index in [1.807, 2.05) is 0 Å². The molecule has 1 aromatic carbocycles. The van der Waals surface area contributed by atoms with Gasteiger partial charge in [0.1, 0.15) is 6.23 Å². The average Bonchev–Trinajstić information content (AvgIpc) is 2.18. The monoisotopic (exact) mass is 193 g/mol. The number of hydrogen-bond acceptors (Lipinski definition) is 2. The summed E-state index contributed by atoms with van der Waals surface area (Å²) in [5.41, 5.74) is 3.72. The summed E-state index contributed by atoms with van der Waals surface area (Å²) >= 11 is 0. The van der Waals surface area contributed by atoms with Crippen LogP contribution in [0.4, 0.5) is 5.69 Å². The number of anilines is 1. The van der Waals surface area contributed by atoms with Gasteiger partial charge in [0.2, 0.25) is 0 Å². The molecule has 0 saturated carbocycles. The van der Waals surface area contributed by atoms with Gasteiger partial charge in [0.05, 0.1) is 0 Å². The Balaban J connectivity index is 2.84. The second-order valence-corrected chi connectivity index (χ2v) is 3.54. The first-order valence-electron chi connectivity index (χ1n) is 5.04. The molecule has 0 fully saturated rings. The van der Waals surface area contributed by atoms with Crippen LogP contribution in [0.2, 0.25) is 0 Å². The molecule has 0 aliphatic heterocycles. The van der Waals surface area contributed by atoms with Gasteiger partial charge in [0.15, 0.2) is 0 Å². The maximum Gasteiger partial charge on any atom is 0.127 e. The largest absolute Gasteiger partial charge is 0.362 e. The zero-order valence-corrected chi connectivity index (χ0v) is 9.42. The zero-order chi connectivity index (χ0) is 10.6. The van der Waals surface area contributed by atoms with Crippen molar-refractivity contribution >= 4 is 5.69 Å². The Morgan fingerprint density at radius 3 is 2.29 bits per heavy atom. The molecule has 2 nitrogen and oxygen atoms in total. The molecule has 0 saturated heterocycles. The Kier molecular flexibility index (Phi) is 3.96. The fourth-order valence-electron chi connectivity index (χ4n) is 1.53. The van der Waals surface area contributed by atoms with Crippen LogP contribution in [-0.4, -0.2) is 13.3 Å². The third-order valence-corrected chi connectivity index (χ3v) is 2.44. The SMILES string of the molecule is CCC(Nc1c(C)cccc1C)OC. The van der Waals surface area contributed by atoms with Crippen molar-refractivity contribution in [1.29, 1.82) is 0 Å². The minimum absolute atomic E-state index is 0.106. The van der Waals surface area contributed by atoms with E-state index in [1.165, 1.54) is 16.8 Å². The Hall–Kier alpha value is -1.02. The van der Waals surface area contributed by atoms with Crippen LogP contribution in [0.1, 0.15) is 24.5 Å². The minimum atomic E-state index is 0.106. The summed E-state index contributed by atoms with van der Waals surface area (Å²) in [6.45, 7) is 6.32. The normalized spacial score (nSPS) is 12.6. The van der Waals surface area contributed by atoms with E-state index in [4.69, 9.17) is 4.74 Å². The summed E-state index contributed by atoms with van der Waals surface area (Å²) in [6.07, 6.45) is 1.07. The molecule has 0 aliphatic carbocycles. The van der Waals surface area contributed by atoms with Gasteiger partial charge in [-0.1, -0.05) is 25.1 Å². The first-order valence-corrected chi connectivity index (χ1v) is 5.04. The van der Waals surface area contributed by atoms with Crippen molar-refractivity contribution in [3.05, 3.63) is 29.3 Å². The van der Waals surface area contributed by atoms with E-state index in [-0.39, 0.29) is 6.23 Å². The van der Waals surface area contributed by atoms with Gasteiger partial charge in [-0.3, -0.25) is 0 Å². The Morgan fingerprint density at radius 2 is 1.86 bits per heavy atom. The minimum Gasteiger partial charge on any atom is -0.362 e. The molecule has 0 radical (unpaired) electrons. The highest BCUT2D eigenvalue weighted by Gasteiger charge is 2.07. The number of nitrogens with one attached hydrogen (secondary N) is 1. The van der Waals surface area contributed by atoms with Crippen LogP contribution in [0.5, 0.6) is 0 Å². The number of methoxy groups -OCH3 is 1. The van der Waals surface area contributed by atoms with Gasteiger partial charge >= 0.3 is 0 Å². The molecule has 1 N–H and O–H groups in total. The highest BCUT2D eigenvalue weighted by atomic mass is 16.5. The van der Waals surface area contributed by atoms with Gasteiger partial charge in [0.25, 0.3) is 0 Å². The molecular weight excluding hydrogens is 174 g/mol. The molecule has 1 aromatic rings. The molecule has 1 rings (SSSR count). The second kappa shape index (κ2) is 5.01. The van der Waals surface area contributed by atoms with Crippen molar-refractivity contribution < 1.29 is 4.74 Å². The topological polar surface area (TPSA) is 21.3 Å². The smallest absolute Gasteiger partial charge is 0.127 e. The van der Waals surface area contributed by atoms with Crippen molar-refractivity contribution in [3.8, 4) is 0 Å². The van der Waals surface area contributed by atoms with E-state index in [0.29, 0.717) is 0 Å². The summed E-state index contributed by atoms with van der Waals surface area (Å²) in [4.78, 5) is 0. The number of para-hydroxylation sites is 1. The average molecular weight is 193 g/mol. The molecule has 2 heteroatoms. The molecule has 0 amide bonds. The second-order valence-electron chi connectivity index (χ2n) is 3.54. The summed E-state index contributed by atoms with van der Waals surface area (Å²) in [6, 6.07) is 6.29. The van der Waals surface area contributed by atoms with Crippen molar-refractivity contribution in [2.45, 2.75) is 33.4 Å². The lowest BCUT2D eigenvalue weighted by Crippen LogP contribution is -2.21. The number of hydrogen-bond donors (Lipinski definition) is 1. The fraction of sp³-hybridized carbons (Fsp3) is 0.500. The predicted octanol–water partition coefficient (Wildman–Crippen LogP) is 3.10. The lowest BCUT2D eigenvalue weighted by atomic mass is 10.1. The summed E-state index contributed by atoms with van der Waals surface area (Å²) in [5, 5.41) is 3.39. The molecule has 78 valence electrons. The third-order valence-electron chi connectivity index (χ3n) is 2.44. The zero-order valence-electron chi connectivity index (χ0n) is 9.42. The van der Waals surface area contributed by atoms with Gasteiger partial charge in [-0.2, -0.15) is 0 Å². The summed E-state index contributed by atoms with van der Waals surface area (Å²) < 4.78 is 5.30. The van der Waals surface area contributed by atoms with Crippen LogP contribution >= 0.6 is 0 Å². The summed E-state index contributed by atoms with van der Waals surface area (Å²) in [5.74, 6) is 0. The molecular formula is C12H19NO. The van der Waals surface area contributed by atoms with E-state index in [9.17, 15) is 0 Å². The first-order chi connectivity index (χ1) is 6.69. The van der Waals surface area contributed by atoms with Crippen LogP contribution in [0.15, 0.2) is 18.2 Å². The molecule has 1 unspecified atom stereocenters. The van der Waals surface area contributed by atoms with Crippen LogP contribution < -0.4 is 5.32 Å². The predicted molar refractivity (Wildman–Crippen MR) is 60.6 cm³/mol. The fourth-order valence-corrected chi connectivity index (χ4v) is 1.53. The van der Waals surface area contributed by atoms with E-state index >= 15 is 0 Å². The van der Waals surface area contributed by atoms with Gasteiger partial charge in [-0.05, 0) is 31.4 Å². The molecule has 0 aliphatic rings. The van der Waals surface area contributed by atoms with Crippen LogP contribution in [0, 0.1) is 13.8 Å². The molecule has 1 atom stereocenters.